The van der Waals surface area contributed by atoms with Gasteiger partial charge in [0.2, 0.25) is 0 Å². The highest BCUT2D eigenvalue weighted by atomic mass is 32.2. The van der Waals surface area contributed by atoms with Gasteiger partial charge >= 0.3 is 5.97 Å². The van der Waals surface area contributed by atoms with Crippen molar-refractivity contribution in [1.82, 2.24) is 0 Å². The highest BCUT2D eigenvalue weighted by Crippen LogP contribution is 2.43. The van der Waals surface area contributed by atoms with E-state index in [1.54, 1.807) is 12.1 Å². The number of benzene rings is 1. The summed E-state index contributed by atoms with van der Waals surface area (Å²) in [4.78, 5) is 11.2. The summed E-state index contributed by atoms with van der Waals surface area (Å²) in [6.07, 6.45) is 0. The quantitative estimate of drug-likeness (QED) is 0.576. The zero-order chi connectivity index (χ0) is 13.2. The van der Waals surface area contributed by atoms with Crippen molar-refractivity contribution in [2.24, 2.45) is 5.92 Å². The van der Waals surface area contributed by atoms with Gasteiger partial charge in [0.15, 0.2) is 0 Å². The third-order valence-corrected chi connectivity index (χ3v) is 4.95. The minimum Gasteiger partial charge on any atom is -0.478 e. The molecule has 0 amide bonds. The molecule has 17 heavy (non-hydrogen) atoms. The van der Waals surface area contributed by atoms with Gasteiger partial charge in [0.25, 0.3) is 0 Å². The first-order chi connectivity index (χ1) is 7.78. The van der Waals surface area contributed by atoms with Gasteiger partial charge in [0.05, 0.1) is 9.64 Å². The molecule has 0 heterocycles. The molecule has 1 unspecified atom stereocenters. The second-order valence-electron chi connectivity index (χ2n) is 4.55. The highest BCUT2D eigenvalue weighted by Gasteiger charge is 2.34. The molecule has 0 bridgehead atoms. The fraction of sp³-hybridized carbons (Fsp3) is 0.462. The summed E-state index contributed by atoms with van der Waals surface area (Å²) in [7, 11) is 0. The molecule has 1 N–H and O–H groups in total. The molecular formula is C13H18O2S2. The van der Waals surface area contributed by atoms with Crippen LogP contribution >= 0.6 is 25.3 Å². The smallest absolute Gasteiger partial charge is 0.335 e. The van der Waals surface area contributed by atoms with Crippen LogP contribution in [0.4, 0.5) is 0 Å². The summed E-state index contributed by atoms with van der Waals surface area (Å²) < 4.78 is -0.536. The average molecular weight is 270 g/mol. The van der Waals surface area contributed by atoms with Crippen LogP contribution in [0.3, 0.4) is 0 Å². The van der Waals surface area contributed by atoms with Crippen LogP contribution in [-0.2, 0) is 0 Å². The lowest BCUT2D eigenvalue weighted by Crippen LogP contribution is -2.29. The lowest BCUT2D eigenvalue weighted by Gasteiger charge is -2.34. The first-order valence-electron chi connectivity index (χ1n) is 5.55. The molecule has 0 aliphatic rings. The van der Waals surface area contributed by atoms with Crippen LogP contribution in [0.1, 0.15) is 42.6 Å². The van der Waals surface area contributed by atoms with E-state index >= 15 is 0 Å². The molecule has 0 aromatic heterocycles. The molecule has 1 rings (SSSR count). The van der Waals surface area contributed by atoms with E-state index in [-0.39, 0.29) is 11.8 Å². The first-order valence-corrected chi connectivity index (χ1v) is 6.44. The molecule has 0 radical (unpaired) electrons. The number of carbonyl (C=O) groups is 1. The Hall–Kier alpha value is -0.610. The molecule has 94 valence electrons. The Morgan fingerprint density at radius 2 is 1.76 bits per heavy atom. The predicted octanol–water partition coefficient (Wildman–Crippen LogP) is 3.70. The number of hydrogen-bond donors (Lipinski definition) is 3. The van der Waals surface area contributed by atoms with Gasteiger partial charge in [-0.3, -0.25) is 0 Å². The van der Waals surface area contributed by atoms with Crippen LogP contribution in [0.25, 0.3) is 0 Å². The Kier molecular flexibility index (Phi) is 4.55. The number of thiol groups is 2. The minimum absolute atomic E-state index is 0.0542. The normalized spacial score (nSPS) is 13.8. The van der Waals surface area contributed by atoms with Crippen molar-refractivity contribution in [3.8, 4) is 0 Å². The Morgan fingerprint density at radius 1 is 1.24 bits per heavy atom. The summed E-state index contributed by atoms with van der Waals surface area (Å²) in [5, 5.41) is 9.17. The van der Waals surface area contributed by atoms with E-state index < -0.39 is 10.0 Å². The number of rotatable bonds is 4. The fourth-order valence-electron chi connectivity index (χ4n) is 1.80. The second kappa shape index (κ2) is 5.36. The van der Waals surface area contributed by atoms with Gasteiger partial charge in [0.1, 0.15) is 0 Å². The summed E-state index contributed by atoms with van der Waals surface area (Å²) in [5.74, 6) is -0.735. The van der Waals surface area contributed by atoms with E-state index in [0.29, 0.717) is 5.56 Å². The molecule has 0 fully saturated rings. The Labute approximate surface area is 113 Å². The Morgan fingerprint density at radius 3 is 2.24 bits per heavy atom. The van der Waals surface area contributed by atoms with Crippen molar-refractivity contribution in [2.75, 3.05) is 0 Å². The molecule has 4 heteroatoms. The maximum absolute atomic E-state index is 11.2. The van der Waals surface area contributed by atoms with Crippen LogP contribution < -0.4 is 0 Å². The van der Waals surface area contributed by atoms with Crippen molar-refractivity contribution in [3.05, 3.63) is 35.4 Å². The average Bonchev–Trinajstić information content (AvgIpc) is 2.27. The van der Waals surface area contributed by atoms with Crippen molar-refractivity contribution in [1.29, 1.82) is 0 Å². The summed E-state index contributed by atoms with van der Waals surface area (Å²) in [6.45, 7) is 6.02. The topological polar surface area (TPSA) is 37.3 Å². The second-order valence-corrected chi connectivity index (χ2v) is 6.38. The van der Waals surface area contributed by atoms with Crippen LogP contribution in [-0.4, -0.2) is 15.2 Å². The molecule has 2 nitrogen and oxygen atoms in total. The molecule has 0 saturated heterocycles. The van der Waals surface area contributed by atoms with E-state index in [0.717, 1.165) is 5.56 Å². The zero-order valence-corrected chi connectivity index (χ0v) is 12.0. The summed E-state index contributed by atoms with van der Waals surface area (Å²) in [6, 6.07) is 7.02. The van der Waals surface area contributed by atoms with E-state index in [9.17, 15) is 4.79 Å². The molecule has 1 atom stereocenters. The molecule has 1 aromatic rings. The van der Waals surface area contributed by atoms with E-state index in [4.69, 9.17) is 5.11 Å². The van der Waals surface area contributed by atoms with Gasteiger partial charge in [0, 0.05) is 5.92 Å². The lowest BCUT2D eigenvalue weighted by molar-refractivity contribution is 0.0695. The number of carboxylic acid groups (broad SMARTS) is 1. The minimum atomic E-state index is -0.909. The molecule has 0 aliphatic heterocycles. The molecule has 0 saturated carbocycles. The zero-order valence-electron chi connectivity index (χ0n) is 10.2. The number of aromatic carboxylic acids is 1. The number of carboxylic acids is 1. The van der Waals surface area contributed by atoms with E-state index in [1.165, 1.54) is 0 Å². The van der Waals surface area contributed by atoms with Crippen molar-refractivity contribution in [2.45, 2.75) is 30.8 Å². The van der Waals surface area contributed by atoms with Crippen LogP contribution in [0.5, 0.6) is 0 Å². The molecule has 0 aliphatic carbocycles. The monoisotopic (exact) mass is 270 g/mol. The molecule has 1 aromatic carbocycles. The summed E-state index contributed by atoms with van der Waals surface area (Å²) >= 11 is 9.15. The lowest BCUT2D eigenvalue weighted by atomic mass is 9.87. The third kappa shape index (κ3) is 2.99. The van der Waals surface area contributed by atoms with Crippen molar-refractivity contribution >= 4 is 31.2 Å². The SMILES string of the molecule is CC(C)C(S)(S)C(C)c1ccccc1C(=O)O. The van der Waals surface area contributed by atoms with Crippen LogP contribution in [0, 0.1) is 5.92 Å². The number of hydrogen-bond acceptors (Lipinski definition) is 3. The van der Waals surface area contributed by atoms with E-state index in [2.05, 4.69) is 25.3 Å². The molecular weight excluding hydrogens is 252 g/mol. The highest BCUT2D eigenvalue weighted by molar-refractivity contribution is 8.00. The van der Waals surface area contributed by atoms with Crippen LogP contribution in [0.15, 0.2) is 24.3 Å². The van der Waals surface area contributed by atoms with Crippen molar-refractivity contribution < 1.29 is 9.90 Å². The Bertz CT molecular complexity index is 414. The third-order valence-electron chi connectivity index (χ3n) is 3.14. The fourth-order valence-corrected chi connectivity index (χ4v) is 2.08. The Balaban J connectivity index is 3.21. The van der Waals surface area contributed by atoms with Gasteiger partial charge < -0.3 is 5.11 Å². The van der Waals surface area contributed by atoms with E-state index in [1.807, 2.05) is 32.9 Å². The maximum Gasteiger partial charge on any atom is 0.335 e. The van der Waals surface area contributed by atoms with Gasteiger partial charge in [-0.2, -0.15) is 25.3 Å². The van der Waals surface area contributed by atoms with Gasteiger partial charge in [-0.1, -0.05) is 39.0 Å². The standard InChI is InChI=1S/C13H18O2S2/c1-8(2)13(16,17)9(3)10-6-4-5-7-11(10)12(14)15/h4-9,16-17H,1-3H3,(H,14,15). The van der Waals surface area contributed by atoms with Gasteiger partial charge in [-0.15, -0.1) is 0 Å². The molecule has 0 spiro atoms. The van der Waals surface area contributed by atoms with Gasteiger partial charge in [-0.25, -0.2) is 4.79 Å². The maximum atomic E-state index is 11.2. The largest absolute Gasteiger partial charge is 0.478 e. The van der Waals surface area contributed by atoms with Crippen LogP contribution in [0.2, 0.25) is 0 Å². The predicted molar refractivity (Wildman–Crippen MR) is 77.4 cm³/mol. The van der Waals surface area contributed by atoms with Crippen molar-refractivity contribution in [3.63, 3.8) is 0 Å². The summed E-state index contributed by atoms with van der Waals surface area (Å²) in [5.41, 5.74) is 1.10. The van der Waals surface area contributed by atoms with Gasteiger partial charge in [-0.05, 0) is 17.5 Å². The first kappa shape index (κ1) is 14.5.